The first-order valence-corrected chi connectivity index (χ1v) is 11.4. The van der Waals surface area contributed by atoms with Gasteiger partial charge in [-0.05, 0) is 56.2 Å². The van der Waals surface area contributed by atoms with Gasteiger partial charge in [0.05, 0.1) is 18.0 Å². The average Bonchev–Trinajstić information content (AvgIpc) is 2.70. The Bertz CT molecular complexity index is 947. The summed E-state index contributed by atoms with van der Waals surface area (Å²) in [5.74, 6) is 1.53. The van der Waals surface area contributed by atoms with Crippen molar-refractivity contribution in [3.8, 4) is 5.75 Å². The van der Waals surface area contributed by atoms with Gasteiger partial charge in [0.2, 0.25) is 10.0 Å². The molecule has 2 N–H and O–H groups in total. The van der Waals surface area contributed by atoms with Gasteiger partial charge in [-0.25, -0.2) is 17.7 Å². The summed E-state index contributed by atoms with van der Waals surface area (Å²) in [7, 11) is -0.383. The lowest BCUT2D eigenvalue weighted by Crippen LogP contribution is -2.41. The van der Waals surface area contributed by atoms with Crippen molar-refractivity contribution in [2.75, 3.05) is 27.2 Å². The molecule has 0 saturated heterocycles. The molecule has 2 aromatic carbocycles. The van der Waals surface area contributed by atoms with Crippen LogP contribution < -0.4 is 15.4 Å². The Hall–Kier alpha value is -1.85. The number of hydrogen-bond donors (Lipinski definition) is 2. The molecule has 0 radical (unpaired) electrons. The molecule has 0 aliphatic carbocycles. The summed E-state index contributed by atoms with van der Waals surface area (Å²) in [4.78, 5) is 4.85. The second-order valence-corrected chi connectivity index (χ2v) is 9.40. The Kier molecular flexibility index (Phi) is 11.3. The van der Waals surface area contributed by atoms with Gasteiger partial charge in [-0.2, -0.15) is 0 Å². The second-order valence-electron chi connectivity index (χ2n) is 7.25. The molecule has 0 aliphatic rings. The number of guanidine groups is 1. The molecule has 0 fully saturated rings. The van der Waals surface area contributed by atoms with Crippen LogP contribution in [-0.4, -0.2) is 52.0 Å². The van der Waals surface area contributed by atoms with E-state index in [2.05, 4.69) is 15.6 Å². The number of aryl methyl sites for hydroxylation is 1. The molecular formula is C22H33IN4O3S. The highest BCUT2D eigenvalue weighted by atomic mass is 127. The number of hydrogen-bond acceptors (Lipinski definition) is 4. The van der Waals surface area contributed by atoms with Crippen LogP contribution in [0.2, 0.25) is 0 Å². The Morgan fingerprint density at radius 1 is 1.13 bits per heavy atom. The quantitative estimate of drug-likeness (QED) is 0.279. The summed E-state index contributed by atoms with van der Waals surface area (Å²) in [5.41, 5.74) is 2.08. The first-order chi connectivity index (χ1) is 14.2. The molecule has 2 aromatic rings. The molecule has 172 valence electrons. The van der Waals surface area contributed by atoms with Crippen molar-refractivity contribution in [3.05, 3.63) is 59.7 Å². The highest BCUT2D eigenvalue weighted by molar-refractivity contribution is 14.0. The standard InChI is InChI=1S/C22H32N4O3S.HI/c1-6-23-22(24-15-18(3)29-20-9-7-8-17(2)14-20)25-16-19-10-12-21(13-11-19)30(27,28)26(4)5;/h7-14,18H,6,15-16H2,1-5H3,(H2,23,24,25);1H. The predicted octanol–water partition coefficient (Wildman–Crippen LogP) is 3.39. The molecule has 7 nitrogen and oxygen atoms in total. The van der Waals surface area contributed by atoms with E-state index in [1.165, 1.54) is 18.4 Å². The summed E-state index contributed by atoms with van der Waals surface area (Å²) in [6.45, 7) is 7.81. The number of nitrogens with one attached hydrogen (secondary N) is 2. The molecule has 0 saturated carbocycles. The maximum Gasteiger partial charge on any atom is 0.242 e. The molecule has 31 heavy (non-hydrogen) atoms. The number of rotatable bonds is 9. The van der Waals surface area contributed by atoms with Gasteiger partial charge in [0.1, 0.15) is 11.9 Å². The summed E-state index contributed by atoms with van der Waals surface area (Å²) < 4.78 is 31.5. The molecule has 0 aliphatic heterocycles. The van der Waals surface area contributed by atoms with Crippen LogP contribution in [0.4, 0.5) is 0 Å². The minimum Gasteiger partial charge on any atom is -0.489 e. The number of nitrogens with zero attached hydrogens (tertiary/aromatic N) is 2. The van der Waals surface area contributed by atoms with Crippen LogP contribution in [0.5, 0.6) is 5.75 Å². The van der Waals surface area contributed by atoms with Gasteiger partial charge in [-0.15, -0.1) is 24.0 Å². The first kappa shape index (κ1) is 27.2. The summed E-state index contributed by atoms with van der Waals surface area (Å²) in [6, 6.07) is 14.8. The van der Waals surface area contributed by atoms with E-state index in [-0.39, 0.29) is 35.0 Å². The number of halogens is 1. The zero-order valence-electron chi connectivity index (χ0n) is 18.8. The van der Waals surface area contributed by atoms with Crippen LogP contribution in [0.15, 0.2) is 58.4 Å². The minimum atomic E-state index is -3.42. The molecule has 0 bridgehead atoms. The van der Waals surface area contributed by atoms with Gasteiger partial charge in [0.15, 0.2) is 5.96 Å². The molecule has 1 unspecified atom stereocenters. The topological polar surface area (TPSA) is 83.0 Å². The van der Waals surface area contributed by atoms with E-state index >= 15 is 0 Å². The normalized spacial score (nSPS) is 12.8. The van der Waals surface area contributed by atoms with Gasteiger partial charge in [-0.1, -0.05) is 24.3 Å². The van der Waals surface area contributed by atoms with E-state index in [4.69, 9.17) is 4.74 Å². The zero-order valence-corrected chi connectivity index (χ0v) is 21.9. The lowest BCUT2D eigenvalue weighted by Gasteiger charge is -2.18. The minimum absolute atomic E-state index is 0. The molecule has 1 atom stereocenters. The van der Waals surface area contributed by atoms with Crippen molar-refractivity contribution in [2.24, 2.45) is 4.99 Å². The maximum atomic E-state index is 12.2. The van der Waals surface area contributed by atoms with Gasteiger partial charge >= 0.3 is 0 Å². The van der Waals surface area contributed by atoms with E-state index in [0.717, 1.165) is 23.4 Å². The van der Waals surface area contributed by atoms with E-state index in [1.54, 1.807) is 24.3 Å². The number of benzene rings is 2. The predicted molar refractivity (Wildman–Crippen MR) is 137 cm³/mol. The molecule has 0 heterocycles. The van der Waals surface area contributed by atoms with Crippen LogP contribution in [0.25, 0.3) is 0 Å². The fraction of sp³-hybridized carbons (Fsp3) is 0.409. The van der Waals surface area contributed by atoms with E-state index in [9.17, 15) is 8.42 Å². The monoisotopic (exact) mass is 560 g/mol. The Balaban J connectivity index is 0.00000480. The summed E-state index contributed by atoms with van der Waals surface area (Å²) >= 11 is 0. The highest BCUT2D eigenvalue weighted by Crippen LogP contribution is 2.15. The van der Waals surface area contributed by atoms with Gasteiger partial charge < -0.3 is 15.4 Å². The van der Waals surface area contributed by atoms with E-state index < -0.39 is 10.0 Å². The third kappa shape index (κ3) is 8.66. The fourth-order valence-electron chi connectivity index (χ4n) is 2.69. The zero-order chi connectivity index (χ0) is 22.1. The van der Waals surface area contributed by atoms with Crippen LogP contribution in [0.3, 0.4) is 0 Å². The fourth-order valence-corrected chi connectivity index (χ4v) is 3.59. The van der Waals surface area contributed by atoms with Gasteiger partial charge in [0, 0.05) is 20.6 Å². The van der Waals surface area contributed by atoms with Crippen LogP contribution in [0, 0.1) is 6.92 Å². The third-order valence-corrected chi connectivity index (χ3v) is 6.18. The third-order valence-electron chi connectivity index (χ3n) is 4.35. The van der Waals surface area contributed by atoms with Crippen LogP contribution >= 0.6 is 24.0 Å². The Morgan fingerprint density at radius 2 is 1.81 bits per heavy atom. The summed E-state index contributed by atoms with van der Waals surface area (Å²) in [6.07, 6.45) is -0.0359. The van der Waals surface area contributed by atoms with Crippen molar-refractivity contribution >= 4 is 40.0 Å². The van der Waals surface area contributed by atoms with Crippen molar-refractivity contribution in [1.29, 1.82) is 0 Å². The molecule has 2 rings (SSSR count). The maximum absolute atomic E-state index is 12.2. The molecular weight excluding hydrogens is 527 g/mol. The summed E-state index contributed by atoms with van der Waals surface area (Å²) in [5, 5.41) is 6.50. The average molecular weight is 561 g/mol. The van der Waals surface area contributed by atoms with Crippen molar-refractivity contribution in [1.82, 2.24) is 14.9 Å². The van der Waals surface area contributed by atoms with Crippen LogP contribution in [-0.2, 0) is 16.6 Å². The molecule has 9 heteroatoms. The Labute approximate surface area is 203 Å². The smallest absolute Gasteiger partial charge is 0.242 e. The van der Waals surface area contributed by atoms with Gasteiger partial charge in [0.25, 0.3) is 0 Å². The first-order valence-electron chi connectivity index (χ1n) is 9.99. The molecule has 0 spiro atoms. The van der Waals surface area contributed by atoms with Crippen molar-refractivity contribution < 1.29 is 13.2 Å². The van der Waals surface area contributed by atoms with Gasteiger partial charge in [-0.3, -0.25) is 0 Å². The van der Waals surface area contributed by atoms with E-state index in [0.29, 0.717) is 19.0 Å². The Morgan fingerprint density at radius 3 is 2.39 bits per heavy atom. The highest BCUT2D eigenvalue weighted by Gasteiger charge is 2.16. The van der Waals surface area contributed by atoms with Crippen molar-refractivity contribution in [3.63, 3.8) is 0 Å². The largest absolute Gasteiger partial charge is 0.489 e. The van der Waals surface area contributed by atoms with E-state index in [1.807, 2.05) is 45.0 Å². The van der Waals surface area contributed by atoms with Crippen molar-refractivity contribution in [2.45, 2.75) is 38.3 Å². The SMILES string of the molecule is CCNC(=NCc1ccc(S(=O)(=O)N(C)C)cc1)NCC(C)Oc1cccc(C)c1.I. The second kappa shape index (κ2) is 12.9. The molecule has 0 aromatic heterocycles. The lowest BCUT2D eigenvalue weighted by molar-refractivity contribution is 0.223. The molecule has 0 amide bonds. The van der Waals surface area contributed by atoms with Crippen LogP contribution in [0.1, 0.15) is 25.0 Å². The number of ether oxygens (including phenoxy) is 1. The lowest BCUT2D eigenvalue weighted by atomic mass is 10.2. The number of sulfonamides is 1. The number of aliphatic imine (C=N–C) groups is 1.